The smallest absolute Gasteiger partial charge is 0.323 e. The van der Waals surface area contributed by atoms with Crippen molar-refractivity contribution in [1.82, 2.24) is 4.90 Å². The van der Waals surface area contributed by atoms with Crippen molar-refractivity contribution in [1.29, 1.82) is 0 Å². The van der Waals surface area contributed by atoms with Gasteiger partial charge in [-0.3, -0.25) is 9.69 Å². The molecule has 76 valence electrons. The van der Waals surface area contributed by atoms with Gasteiger partial charge < -0.3 is 9.84 Å². The molecule has 1 unspecified atom stereocenters. The van der Waals surface area contributed by atoms with Crippen molar-refractivity contribution in [2.45, 2.75) is 38.5 Å². The third-order valence-electron chi connectivity index (χ3n) is 2.45. The molecule has 0 aromatic rings. The SMILES string of the molecule is COC(=O)[C@@H]1CC(O)CN1C(C)C. The molecule has 0 aliphatic carbocycles. The maximum atomic E-state index is 11.3. The lowest BCUT2D eigenvalue weighted by atomic mass is 10.2. The second-order valence-corrected chi connectivity index (χ2v) is 3.72. The van der Waals surface area contributed by atoms with E-state index in [1.165, 1.54) is 7.11 Å². The molecule has 0 saturated carbocycles. The molecule has 0 bridgehead atoms. The predicted molar refractivity (Wildman–Crippen MR) is 48.3 cm³/mol. The highest BCUT2D eigenvalue weighted by Gasteiger charge is 2.37. The first kappa shape index (κ1) is 10.5. The number of nitrogens with zero attached hydrogens (tertiary/aromatic N) is 1. The van der Waals surface area contributed by atoms with Gasteiger partial charge in [0.25, 0.3) is 0 Å². The van der Waals surface area contributed by atoms with Gasteiger partial charge in [0.1, 0.15) is 6.04 Å². The van der Waals surface area contributed by atoms with Crippen LogP contribution < -0.4 is 0 Å². The average molecular weight is 187 g/mol. The van der Waals surface area contributed by atoms with Crippen LogP contribution in [0.25, 0.3) is 0 Å². The lowest BCUT2D eigenvalue weighted by Crippen LogP contribution is -2.41. The number of likely N-dealkylation sites (tertiary alicyclic amines) is 1. The molecule has 4 heteroatoms. The van der Waals surface area contributed by atoms with Crippen molar-refractivity contribution in [3.63, 3.8) is 0 Å². The topological polar surface area (TPSA) is 49.8 Å². The Bertz CT molecular complexity index is 193. The number of esters is 1. The van der Waals surface area contributed by atoms with Crippen molar-refractivity contribution in [3.05, 3.63) is 0 Å². The van der Waals surface area contributed by atoms with E-state index in [9.17, 15) is 9.90 Å². The lowest BCUT2D eigenvalue weighted by molar-refractivity contribution is -0.146. The molecule has 13 heavy (non-hydrogen) atoms. The van der Waals surface area contributed by atoms with Gasteiger partial charge in [-0.05, 0) is 13.8 Å². The van der Waals surface area contributed by atoms with Crippen LogP contribution in [0.5, 0.6) is 0 Å². The number of β-amino-alcohol motifs (C(OH)–C–C–N with tert-alkyl or cyclic N) is 1. The molecular weight excluding hydrogens is 170 g/mol. The summed E-state index contributed by atoms with van der Waals surface area (Å²) in [6.07, 6.45) is 0.0942. The van der Waals surface area contributed by atoms with Gasteiger partial charge in [-0.25, -0.2) is 0 Å². The molecule has 1 fully saturated rings. The van der Waals surface area contributed by atoms with Crippen LogP contribution in [0.2, 0.25) is 0 Å². The summed E-state index contributed by atoms with van der Waals surface area (Å²) in [5, 5.41) is 9.41. The van der Waals surface area contributed by atoms with Crippen LogP contribution in [0.4, 0.5) is 0 Å². The Morgan fingerprint density at radius 3 is 2.69 bits per heavy atom. The standard InChI is InChI=1S/C9H17NO3/c1-6(2)10-5-7(11)4-8(10)9(12)13-3/h6-8,11H,4-5H2,1-3H3/t7?,8-/m0/s1. The van der Waals surface area contributed by atoms with E-state index in [1.807, 2.05) is 18.7 Å². The van der Waals surface area contributed by atoms with Crippen molar-refractivity contribution in [3.8, 4) is 0 Å². The van der Waals surface area contributed by atoms with Gasteiger partial charge in [0.15, 0.2) is 0 Å². The van der Waals surface area contributed by atoms with Crippen LogP contribution in [0.3, 0.4) is 0 Å². The van der Waals surface area contributed by atoms with Gasteiger partial charge >= 0.3 is 5.97 Å². The van der Waals surface area contributed by atoms with E-state index < -0.39 is 6.10 Å². The van der Waals surface area contributed by atoms with E-state index >= 15 is 0 Å². The summed E-state index contributed by atoms with van der Waals surface area (Å²) in [5.74, 6) is -0.245. The zero-order valence-corrected chi connectivity index (χ0v) is 8.36. The summed E-state index contributed by atoms with van der Waals surface area (Å²) in [4.78, 5) is 13.3. The minimum Gasteiger partial charge on any atom is -0.468 e. The molecule has 0 spiro atoms. The Labute approximate surface area is 78.5 Å². The van der Waals surface area contributed by atoms with Crippen LogP contribution in [0, 0.1) is 0 Å². The van der Waals surface area contributed by atoms with Crippen molar-refractivity contribution < 1.29 is 14.6 Å². The number of ether oxygens (including phenoxy) is 1. The van der Waals surface area contributed by atoms with Crippen LogP contribution in [-0.4, -0.2) is 47.8 Å². The van der Waals surface area contributed by atoms with E-state index in [1.54, 1.807) is 0 Å². The maximum Gasteiger partial charge on any atom is 0.323 e. The molecule has 0 radical (unpaired) electrons. The van der Waals surface area contributed by atoms with Gasteiger partial charge in [0.05, 0.1) is 13.2 Å². The van der Waals surface area contributed by atoms with Gasteiger partial charge in [0.2, 0.25) is 0 Å². The zero-order valence-electron chi connectivity index (χ0n) is 8.36. The minimum absolute atomic E-state index is 0.245. The third kappa shape index (κ3) is 2.19. The summed E-state index contributed by atoms with van der Waals surface area (Å²) in [5.41, 5.74) is 0. The Balaban J connectivity index is 2.66. The maximum absolute atomic E-state index is 11.3. The molecule has 0 amide bonds. The number of carbonyl (C=O) groups is 1. The number of methoxy groups -OCH3 is 1. The molecule has 1 saturated heterocycles. The quantitative estimate of drug-likeness (QED) is 0.618. The van der Waals surface area contributed by atoms with Crippen LogP contribution in [-0.2, 0) is 9.53 Å². The number of aliphatic hydroxyl groups excluding tert-OH is 1. The summed E-state index contributed by atoms with van der Waals surface area (Å²) in [7, 11) is 1.38. The number of hydrogen-bond acceptors (Lipinski definition) is 4. The molecule has 1 aliphatic heterocycles. The van der Waals surface area contributed by atoms with E-state index in [0.717, 1.165) is 0 Å². The summed E-state index contributed by atoms with van der Waals surface area (Å²) in [6.45, 7) is 4.58. The Kier molecular flexibility index (Phi) is 3.27. The molecule has 2 atom stereocenters. The van der Waals surface area contributed by atoms with Crippen LogP contribution in [0.1, 0.15) is 20.3 Å². The first-order valence-corrected chi connectivity index (χ1v) is 4.58. The summed E-state index contributed by atoms with van der Waals surface area (Å²) < 4.78 is 4.67. The third-order valence-corrected chi connectivity index (χ3v) is 2.45. The fourth-order valence-electron chi connectivity index (χ4n) is 1.78. The highest BCUT2D eigenvalue weighted by atomic mass is 16.5. The molecule has 1 aliphatic rings. The van der Waals surface area contributed by atoms with Gasteiger partial charge in [-0.15, -0.1) is 0 Å². The fraction of sp³-hybridized carbons (Fsp3) is 0.889. The van der Waals surface area contributed by atoms with Gasteiger partial charge in [-0.1, -0.05) is 0 Å². The molecule has 1 heterocycles. The van der Waals surface area contributed by atoms with Crippen molar-refractivity contribution in [2.75, 3.05) is 13.7 Å². The predicted octanol–water partition coefficient (Wildman–Crippen LogP) is 0.00300. The van der Waals surface area contributed by atoms with Gasteiger partial charge in [-0.2, -0.15) is 0 Å². The first-order valence-electron chi connectivity index (χ1n) is 4.58. The second kappa shape index (κ2) is 4.07. The minimum atomic E-state index is -0.397. The molecule has 1 rings (SSSR count). The Morgan fingerprint density at radius 1 is 1.62 bits per heavy atom. The van der Waals surface area contributed by atoms with Gasteiger partial charge in [0, 0.05) is 19.0 Å². The highest BCUT2D eigenvalue weighted by molar-refractivity contribution is 5.76. The summed E-state index contributed by atoms with van der Waals surface area (Å²) in [6, 6.07) is 0.00116. The van der Waals surface area contributed by atoms with E-state index in [0.29, 0.717) is 13.0 Å². The van der Waals surface area contributed by atoms with Crippen LogP contribution in [0.15, 0.2) is 0 Å². The molecule has 4 nitrogen and oxygen atoms in total. The largest absolute Gasteiger partial charge is 0.468 e. The number of hydrogen-bond donors (Lipinski definition) is 1. The summed E-state index contributed by atoms with van der Waals surface area (Å²) >= 11 is 0. The number of rotatable bonds is 2. The second-order valence-electron chi connectivity index (χ2n) is 3.72. The van der Waals surface area contributed by atoms with E-state index in [2.05, 4.69) is 4.74 Å². The Morgan fingerprint density at radius 2 is 2.23 bits per heavy atom. The van der Waals surface area contributed by atoms with E-state index in [-0.39, 0.29) is 18.1 Å². The van der Waals surface area contributed by atoms with E-state index in [4.69, 9.17) is 0 Å². The number of carbonyl (C=O) groups excluding carboxylic acids is 1. The monoisotopic (exact) mass is 187 g/mol. The fourth-order valence-corrected chi connectivity index (χ4v) is 1.78. The number of aliphatic hydroxyl groups is 1. The molecule has 0 aromatic heterocycles. The van der Waals surface area contributed by atoms with Crippen LogP contribution >= 0.6 is 0 Å². The molecular formula is C9H17NO3. The van der Waals surface area contributed by atoms with Crippen molar-refractivity contribution in [2.24, 2.45) is 0 Å². The lowest BCUT2D eigenvalue weighted by Gasteiger charge is -2.25. The zero-order chi connectivity index (χ0) is 10.0. The average Bonchev–Trinajstić information content (AvgIpc) is 2.46. The molecule has 0 aromatic carbocycles. The normalized spacial score (nSPS) is 29.6. The first-order chi connectivity index (χ1) is 6.06. The molecule has 1 N–H and O–H groups in total. The highest BCUT2D eigenvalue weighted by Crippen LogP contribution is 2.21. The van der Waals surface area contributed by atoms with Crippen molar-refractivity contribution >= 4 is 5.97 Å². The Hall–Kier alpha value is -0.610.